The first-order valence-electron chi connectivity index (χ1n) is 8.94. The minimum absolute atomic E-state index is 0.0159. The summed E-state index contributed by atoms with van der Waals surface area (Å²) in [7, 11) is 3.50. The molecule has 0 aliphatic carbocycles. The van der Waals surface area contributed by atoms with Crippen LogP contribution < -0.4 is 0 Å². The molecule has 0 radical (unpaired) electrons. The van der Waals surface area contributed by atoms with Crippen LogP contribution in [0.1, 0.15) is 23.2 Å². The number of nitrogens with zero attached hydrogens (tertiary/aromatic N) is 5. The van der Waals surface area contributed by atoms with Gasteiger partial charge in [-0.25, -0.2) is 0 Å². The fourth-order valence-electron chi connectivity index (χ4n) is 3.24. The second-order valence-electron chi connectivity index (χ2n) is 6.42. The molecule has 3 rings (SSSR count). The molecule has 1 fully saturated rings. The molecule has 162 valence electrons. The molecule has 30 heavy (non-hydrogen) atoms. The maximum Gasteiger partial charge on any atom is 0.290 e. The highest BCUT2D eigenvalue weighted by molar-refractivity contribution is 5.94. The van der Waals surface area contributed by atoms with Gasteiger partial charge in [0.2, 0.25) is 5.91 Å². The summed E-state index contributed by atoms with van der Waals surface area (Å²) < 4.78 is 1.74. The van der Waals surface area contributed by atoms with Gasteiger partial charge in [0.15, 0.2) is 0 Å². The predicted octanol–water partition coefficient (Wildman–Crippen LogP) is 0.399. The van der Waals surface area contributed by atoms with Crippen molar-refractivity contribution in [3.8, 4) is 0 Å². The summed E-state index contributed by atoms with van der Waals surface area (Å²) in [4.78, 5) is 49.5. The molecule has 0 saturated carbocycles. The largest absolute Gasteiger partial charge is 0.483 e. The number of rotatable bonds is 3. The van der Waals surface area contributed by atoms with E-state index in [1.807, 2.05) is 12.3 Å². The summed E-state index contributed by atoms with van der Waals surface area (Å²) in [5.74, 6) is -0.00835. The molecule has 2 aromatic heterocycles. The number of aromatic nitrogens is 3. The first-order valence-corrected chi connectivity index (χ1v) is 8.94. The van der Waals surface area contributed by atoms with Crippen molar-refractivity contribution in [1.82, 2.24) is 24.6 Å². The Balaban J connectivity index is 0.000000672. The molecule has 1 aliphatic heterocycles. The Morgan fingerprint density at radius 1 is 1.07 bits per heavy atom. The molecule has 3 heterocycles. The van der Waals surface area contributed by atoms with Gasteiger partial charge in [0.05, 0.1) is 0 Å². The highest BCUT2D eigenvalue weighted by Crippen LogP contribution is 2.32. The second kappa shape index (κ2) is 11.9. The molecule has 1 saturated heterocycles. The summed E-state index contributed by atoms with van der Waals surface area (Å²) in [5, 5.41) is 18.1. The van der Waals surface area contributed by atoms with Crippen molar-refractivity contribution >= 4 is 24.8 Å². The Morgan fingerprint density at radius 3 is 2.03 bits per heavy atom. The van der Waals surface area contributed by atoms with Crippen molar-refractivity contribution in [2.45, 2.75) is 18.4 Å². The lowest BCUT2D eigenvalue weighted by Crippen LogP contribution is -2.55. The van der Waals surface area contributed by atoms with Gasteiger partial charge in [-0.05, 0) is 31.0 Å². The Morgan fingerprint density at radius 2 is 1.60 bits per heavy atom. The fourth-order valence-corrected chi connectivity index (χ4v) is 3.24. The van der Waals surface area contributed by atoms with Crippen LogP contribution in [-0.2, 0) is 19.9 Å². The van der Waals surface area contributed by atoms with E-state index in [1.165, 1.54) is 0 Å². The standard InChI is InChI=1S/C17H21N5O2.2CH2O2/c1-20(2)16(24)17(22-11-3-8-19-22)6-12-21(13-7-17)15(23)14-4-9-18-10-5-14;2*2-1-3/h3-5,8-11H,6-7,12-13H2,1-2H3;2*1H,(H,2,3). The molecule has 0 unspecified atom stereocenters. The van der Waals surface area contributed by atoms with Crippen LogP contribution in [0.25, 0.3) is 0 Å². The van der Waals surface area contributed by atoms with Crippen molar-refractivity contribution in [3.05, 3.63) is 48.5 Å². The van der Waals surface area contributed by atoms with Gasteiger partial charge >= 0.3 is 0 Å². The first kappa shape index (κ1) is 24.3. The quantitative estimate of drug-likeness (QED) is 0.680. The Kier molecular flexibility index (Phi) is 9.66. The van der Waals surface area contributed by atoms with Gasteiger partial charge < -0.3 is 20.0 Å². The maximum absolute atomic E-state index is 12.8. The summed E-state index contributed by atoms with van der Waals surface area (Å²) >= 11 is 0. The minimum Gasteiger partial charge on any atom is -0.483 e. The summed E-state index contributed by atoms with van der Waals surface area (Å²) in [6.07, 6.45) is 7.81. The Hall–Kier alpha value is -3.76. The van der Waals surface area contributed by atoms with E-state index in [4.69, 9.17) is 19.8 Å². The van der Waals surface area contributed by atoms with Crippen LogP contribution in [0.15, 0.2) is 43.0 Å². The smallest absolute Gasteiger partial charge is 0.290 e. The van der Waals surface area contributed by atoms with Crippen LogP contribution in [0.4, 0.5) is 0 Å². The Labute approximate surface area is 173 Å². The van der Waals surface area contributed by atoms with Gasteiger partial charge in [-0.3, -0.25) is 28.8 Å². The van der Waals surface area contributed by atoms with E-state index in [0.29, 0.717) is 31.5 Å². The zero-order chi connectivity index (χ0) is 22.6. The molecule has 2 aromatic rings. The molecule has 2 N–H and O–H groups in total. The third-order valence-corrected chi connectivity index (χ3v) is 4.55. The summed E-state index contributed by atoms with van der Waals surface area (Å²) in [6, 6.07) is 5.24. The number of likely N-dealkylation sites (N-methyl/N-ethyl adjacent to an activating group) is 1. The number of likely N-dealkylation sites (tertiary alicyclic amines) is 1. The number of piperidine rings is 1. The predicted molar refractivity (Wildman–Crippen MR) is 106 cm³/mol. The molecular weight excluding hydrogens is 394 g/mol. The lowest BCUT2D eigenvalue weighted by molar-refractivity contribution is -0.141. The molecule has 0 spiro atoms. The minimum atomic E-state index is -0.720. The van der Waals surface area contributed by atoms with E-state index in [9.17, 15) is 9.59 Å². The van der Waals surface area contributed by atoms with Crippen molar-refractivity contribution in [2.75, 3.05) is 27.2 Å². The van der Waals surface area contributed by atoms with Crippen LogP contribution >= 0.6 is 0 Å². The first-order chi connectivity index (χ1) is 14.4. The third kappa shape index (κ3) is 5.87. The van der Waals surface area contributed by atoms with E-state index < -0.39 is 5.54 Å². The van der Waals surface area contributed by atoms with Crippen LogP contribution in [-0.4, -0.2) is 86.7 Å². The van der Waals surface area contributed by atoms with Gasteiger partial charge in [-0.15, -0.1) is 0 Å². The number of hydrogen-bond donors (Lipinski definition) is 2. The highest BCUT2D eigenvalue weighted by atomic mass is 16.3. The fraction of sp³-hybridized carbons (Fsp3) is 0.368. The molecular formula is C19H25N5O6. The molecule has 0 bridgehead atoms. The van der Waals surface area contributed by atoms with E-state index >= 15 is 0 Å². The monoisotopic (exact) mass is 419 g/mol. The topological polar surface area (TPSA) is 146 Å². The van der Waals surface area contributed by atoms with Gasteiger partial charge in [-0.2, -0.15) is 5.10 Å². The molecule has 0 atom stereocenters. The van der Waals surface area contributed by atoms with Crippen molar-refractivity contribution in [2.24, 2.45) is 0 Å². The van der Waals surface area contributed by atoms with Gasteiger partial charge in [-0.1, -0.05) is 0 Å². The SMILES string of the molecule is CN(C)C(=O)C1(n2cccn2)CCN(C(=O)c2ccncc2)CC1.O=CO.O=CO. The average molecular weight is 419 g/mol. The normalized spacial score (nSPS) is 14.1. The van der Waals surface area contributed by atoms with Gasteiger partial charge in [0, 0.05) is 57.5 Å². The van der Waals surface area contributed by atoms with Crippen molar-refractivity contribution in [3.63, 3.8) is 0 Å². The van der Waals surface area contributed by atoms with Crippen LogP contribution in [0.2, 0.25) is 0 Å². The highest BCUT2D eigenvalue weighted by Gasteiger charge is 2.45. The zero-order valence-corrected chi connectivity index (χ0v) is 16.8. The average Bonchev–Trinajstić information content (AvgIpc) is 3.30. The van der Waals surface area contributed by atoms with Crippen molar-refractivity contribution in [1.29, 1.82) is 0 Å². The molecule has 1 aliphatic rings. The number of carboxylic acid groups (broad SMARTS) is 2. The number of carbonyl (C=O) groups excluding carboxylic acids is 2. The molecule has 11 heteroatoms. The molecule has 0 aromatic carbocycles. The van der Waals surface area contributed by atoms with Crippen LogP contribution in [0, 0.1) is 0 Å². The zero-order valence-electron chi connectivity index (χ0n) is 16.8. The summed E-state index contributed by atoms with van der Waals surface area (Å²) in [5.41, 5.74) is -0.0994. The maximum atomic E-state index is 12.8. The van der Waals surface area contributed by atoms with E-state index in [0.717, 1.165) is 0 Å². The second-order valence-corrected chi connectivity index (χ2v) is 6.42. The number of pyridine rings is 1. The van der Waals surface area contributed by atoms with E-state index in [-0.39, 0.29) is 24.8 Å². The summed E-state index contributed by atoms with van der Waals surface area (Å²) in [6.45, 7) is 0.529. The number of carbonyl (C=O) groups is 4. The lowest BCUT2D eigenvalue weighted by atomic mass is 9.86. The number of amides is 2. The van der Waals surface area contributed by atoms with Gasteiger partial charge in [0.1, 0.15) is 5.54 Å². The van der Waals surface area contributed by atoms with Crippen LogP contribution in [0.5, 0.6) is 0 Å². The van der Waals surface area contributed by atoms with Gasteiger partial charge in [0.25, 0.3) is 18.9 Å². The van der Waals surface area contributed by atoms with E-state index in [2.05, 4.69) is 10.1 Å². The Bertz CT molecular complexity index is 796. The lowest BCUT2D eigenvalue weighted by Gasteiger charge is -2.42. The molecule has 2 amide bonds. The van der Waals surface area contributed by atoms with E-state index in [1.54, 1.807) is 59.3 Å². The van der Waals surface area contributed by atoms with Crippen LogP contribution in [0.3, 0.4) is 0 Å². The number of hydrogen-bond acceptors (Lipinski definition) is 6. The third-order valence-electron chi connectivity index (χ3n) is 4.55. The molecule has 11 nitrogen and oxygen atoms in total. The van der Waals surface area contributed by atoms with Crippen molar-refractivity contribution < 1.29 is 29.4 Å².